The molecule has 1 amide bonds. The average Bonchev–Trinajstić information content (AvgIpc) is 2.59. The van der Waals surface area contributed by atoms with Gasteiger partial charge >= 0.3 is 0 Å². The van der Waals surface area contributed by atoms with Crippen molar-refractivity contribution in [3.8, 4) is 11.5 Å². The van der Waals surface area contributed by atoms with Crippen molar-refractivity contribution in [3.05, 3.63) is 24.3 Å². The van der Waals surface area contributed by atoms with Gasteiger partial charge in [-0.15, -0.1) is 0 Å². The number of para-hydroxylation sites is 2. The summed E-state index contributed by atoms with van der Waals surface area (Å²) in [7, 11) is 0. The summed E-state index contributed by atoms with van der Waals surface area (Å²) in [5.41, 5.74) is 0. The van der Waals surface area contributed by atoms with E-state index in [0.717, 1.165) is 44.4 Å². The van der Waals surface area contributed by atoms with Crippen LogP contribution in [-0.4, -0.2) is 61.1 Å². The minimum atomic E-state index is -0.521. The fourth-order valence-corrected chi connectivity index (χ4v) is 2.98. The van der Waals surface area contributed by atoms with Gasteiger partial charge in [0.15, 0.2) is 11.5 Å². The van der Waals surface area contributed by atoms with Crippen LogP contribution in [0.15, 0.2) is 24.3 Å². The van der Waals surface area contributed by atoms with Crippen molar-refractivity contribution in [1.82, 2.24) is 9.80 Å². The number of carbonyl (C=O) groups excluding carboxylic acids is 1. The molecule has 126 valence electrons. The Morgan fingerprint density at radius 2 is 1.87 bits per heavy atom. The molecule has 5 nitrogen and oxygen atoms in total. The highest BCUT2D eigenvalue weighted by Gasteiger charge is 2.32. The topological polar surface area (TPSA) is 42.0 Å². The Morgan fingerprint density at radius 3 is 2.57 bits per heavy atom. The molecule has 0 radical (unpaired) electrons. The first-order valence-corrected chi connectivity index (χ1v) is 8.53. The number of rotatable bonds is 4. The van der Waals surface area contributed by atoms with Crippen molar-refractivity contribution in [1.29, 1.82) is 0 Å². The van der Waals surface area contributed by atoms with Gasteiger partial charge in [0.25, 0.3) is 5.91 Å². The Hall–Kier alpha value is -1.75. The number of piperazine rings is 1. The van der Waals surface area contributed by atoms with Crippen LogP contribution in [-0.2, 0) is 4.79 Å². The van der Waals surface area contributed by atoms with Crippen molar-refractivity contribution >= 4 is 5.91 Å². The molecule has 0 aromatic heterocycles. The van der Waals surface area contributed by atoms with Gasteiger partial charge in [0.05, 0.1) is 0 Å². The Labute approximate surface area is 138 Å². The lowest BCUT2D eigenvalue weighted by molar-refractivity contribution is -0.143. The van der Waals surface area contributed by atoms with Crippen LogP contribution in [0, 0.1) is 5.92 Å². The lowest BCUT2D eigenvalue weighted by Gasteiger charge is -2.37. The second-order valence-electron chi connectivity index (χ2n) is 6.71. The van der Waals surface area contributed by atoms with Crippen LogP contribution >= 0.6 is 0 Å². The molecule has 23 heavy (non-hydrogen) atoms. The van der Waals surface area contributed by atoms with E-state index in [-0.39, 0.29) is 5.91 Å². The predicted octanol–water partition coefficient (Wildman–Crippen LogP) is 2.02. The highest BCUT2D eigenvalue weighted by Crippen LogP contribution is 2.31. The van der Waals surface area contributed by atoms with E-state index in [0.29, 0.717) is 12.4 Å². The minimum absolute atomic E-state index is 0.0445. The smallest absolute Gasteiger partial charge is 0.267 e. The van der Waals surface area contributed by atoms with E-state index >= 15 is 0 Å². The summed E-state index contributed by atoms with van der Waals surface area (Å²) in [5, 5.41) is 0. The monoisotopic (exact) mass is 318 g/mol. The van der Waals surface area contributed by atoms with Gasteiger partial charge in [0.1, 0.15) is 6.61 Å². The largest absolute Gasteiger partial charge is 0.485 e. The highest BCUT2D eigenvalue weighted by atomic mass is 16.6. The van der Waals surface area contributed by atoms with E-state index in [9.17, 15) is 4.79 Å². The average molecular weight is 318 g/mol. The second kappa shape index (κ2) is 7.21. The van der Waals surface area contributed by atoms with Gasteiger partial charge in [-0.1, -0.05) is 26.0 Å². The minimum Gasteiger partial charge on any atom is -0.485 e. The van der Waals surface area contributed by atoms with Crippen LogP contribution in [0.25, 0.3) is 0 Å². The number of carbonyl (C=O) groups is 1. The maximum atomic E-state index is 12.6. The summed E-state index contributed by atoms with van der Waals surface area (Å²) >= 11 is 0. The fraction of sp³-hybridized carbons (Fsp3) is 0.611. The molecule has 1 unspecified atom stereocenters. The van der Waals surface area contributed by atoms with Crippen LogP contribution in [0.3, 0.4) is 0 Å². The fourth-order valence-electron chi connectivity index (χ4n) is 2.98. The zero-order valence-corrected chi connectivity index (χ0v) is 14.0. The first-order chi connectivity index (χ1) is 11.1. The van der Waals surface area contributed by atoms with E-state index in [1.165, 1.54) is 6.42 Å². The number of amides is 1. The molecule has 0 spiro atoms. The van der Waals surface area contributed by atoms with Gasteiger partial charge in [0, 0.05) is 26.2 Å². The van der Waals surface area contributed by atoms with Gasteiger partial charge in [0.2, 0.25) is 6.10 Å². The molecule has 1 aromatic rings. The van der Waals surface area contributed by atoms with E-state index in [1.54, 1.807) is 0 Å². The molecule has 1 atom stereocenters. The van der Waals surface area contributed by atoms with E-state index < -0.39 is 6.10 Å². The number of fused-ring (bicyclic) bond motifs is 1. The Kier molecular flexibility index (Phi) is 5.06. The van der Waals surface area contributed by atoms with Crippen molar-refractivity contribution in [2.75, 3.05) is 39.3 Å². The summed E-state index contributed by atoms with van der Waals surface area (Å²) in [5.74, 6) is 2.15. The van der Waals surface area contributed by atoms with Crippen LogP contribution < -0.4 is 9.47 Å². The van der Waals surface area contributed by atoms with Crippen LogP contribution in [0.2, 0.25) is 0 Å². The second-order valence-corrected chi connectivity index (χ2v) is 6.71. The molecule has 2 aliphatic heterocycles. The number of benzene rings is 1. The van der Waals surface area contributed by atoms with Crippen LogP contribution in [0.5, 0.6) is 11.5 Å². The highest BCUT2D eigenvalue weighted by molar-refractivity contribution is 5.82. The lowest BCUT2D eigenvalue weighted by Crippen LogP contribution is -2.54. The first kappa shape index (κ1) is 16.1. The molecule has 0 saturated carbocycles. The Morgan fingerprint density at radius 1 is 1.17 bits per heavy atom. The van der Waals surface area contributed by atoms with Gasteiger partial charge in [-0.3, -0.25) is 9.69 Å². The quantitative estimate of drug-likeness (QED) is 0.852. The third-order valence-electron chi connectivity index (χ3n) is 4.49. The standard InChI is InChI=1S/C18H26N2O3/c1-14(2)7-8-19-9-11-20(12-10-19)18(21)17-13-22-15-5-3-4-6-16(15)23-17/h3-6,14,17H,7-13H2,1-2H3. The van der Waals surface area contributed by atoms with Gasteiger partial charge in [-0.25, -0.2) is 0 Å². The third kappa shape index (κ3) is 3.96. The summed E-state index contributed by atoms with van der Waals surface area (Å²) in [4.78, 5) is 17.0. The summed E-state index contributed by atoms with van der Waals surface area (Å²) in [6.45, 7) is 9.36. The zero-order chi connectivity index (χ0) is 16.2. The lowest BCUT2D eigenvalue weighted by atomic mass is 10.1. The molecule has 2 heterocycles. The maximum Gasteiger partial charge on any atom is 0.267 e. The first-order valence-electron chi connectivity index (χ1n) is 8.53. The number of hydrogen-bond acceptors (Lipinski definition) is 4. The van der Waals surface area contributed by atoms with Crippen LogP contribution in [0.4, 0.5) is 0 Å². The predicted molar refractivity (Wildman–Crippen MR) is 88.8 cm³/mol. The number of nitrogens with zero attached hydrogens (tertiary/aromatic N) is 2. The summed E-state index contributed by atoms with van der Waals surface area (Å²) in [6.07, 6.45) is 0.691. The normalized spacial score (nSPS) is 21.5. The maximum absolute atomic E-state index is 12.6. The van der Waals surface area contributed by atoms with E-state index in [1.807, 2.05) is 29.2 Å². The Bertz CT molecular complexity index is 539. The van der Waals surface area contributed by atoms with Gasteiger partial charge in [-0.05, 0) is 31.0 Å². The van der Waals surface area contributed by atoms with E-state index in [2.05, 4.69) is 18.7 Å². The molecule has 3 rings (SSSR count). The Balaban J connectivity index is 1.50. The molecular weight excluding hydrogens is 292 g/mol. The summed E-state index contributed by atoms with van der Waals surface area (Å²) < 4.78 is 11.5. The third-order valence-corrected chi connectivity index (χ3v) is 4.49. The van der Waals surface area contributed by atoms with Crippen molar-refractivity contribution < 1.29 is 14.3 Å². The van der Waals surface area contributed by atoms with Gasteiger partial charge in [-0.2, -0.15) is 0 Å². The molecule has 0 aliphatic carbocycles. The van der Waals surface area contributed by atoms with Gasteiger partial charge < -0.3 is 14.4 Å². The SMILES string of the molecule is CC(C)CCN1CCN(C(=O)C2COc3ccccc3O2)CC1. The molecule has 1 fully saturated rings. The van der Waals surface area contributed by atoms with Crippen LogP contribution in [0.1, 0.15) is 20.3 Å². The zero-order valence-electron chi connectivity index (χ0n) is 14.0. The summed E-state index contributed by atoms with van der Waals surface area (Å²) in [6, 6.07) is 7.51. The van der Waals surface area contributed by atoms with Crippen molar-refractivity contribution in [2.45, 2.75) is 26.4 Å². The van der Waals surface area contributed by atoms with E-state index in [4.69, 9.17) is 9.47 Å². The molecule has 2 aliphatic rings. The molecule has 1 saturated heterocycles. The molecule has 5 heteroatoms. The van der Waals surface area contributed by atoms with Crippen molar-refractivity contribution in [2.24, 2.45) is 5.92 Å². The molecular formula is C18H26N2O3. The number of hydrogen-bond donors (Lipinski definition) is 0. The molecule has 1 aromatic carbocycles. The number of ether oxygens (including phenoxy) is 2. The van der Waals surface area contributed by atoms with Crippen molar-refractivity contribution in [3.63, 3.8) is 0 Å². The molecule has 0 bridgehead atoms. The molecule has 0 N–H and O–H groups in total.